The molecule has 0 spiro atoms. The predicted octanol–water partition coefficient (Wildman–Crippen LogP) is 11.3. The second kappa shape index (κ2) is 19.2. The van der Waals surface area contributed by atoms with E-state index in [2.05, 4.69) is 71.1 Å². The number of rotatable bonds is 17. The van der Waals surface area contributed by atoms with E-state index in [9.17, 15) is 4.79 Å². The van der Waals surface area contributed by atoms with E-state index < -0.39 is 0 Å². The van der Waals surface area contributed by atoms with Gasteiger partial charge >= 0.3 is 5.97 Å². The van der Waals surface area contributed by atoms with Gasteiger partial charge in [-0.2, -0.15) is 0 Å². The zero-order valence-electron chi connectivity index (χ0n) is 27.4. The van der Waals surface area contributed by atoms with Gasteiger partial charge in [0.05, 0.1) is 5.56 Å². The molecule has 0 fully saturated rings. The second-order valence-electron chi connectivity index (χ2n) is 11.9. The molecule has 3 aromatic rings. The van der Waals surface area contributed by atoms with Crippen LogP contribution < -0.4 is 4.74 Å². The van der Waals surface area contributed by atoms with Crippen molar-refractivity contribution in [2.45, 2.75) is 92.8 Å². The first-order chi connectivity index (χ1) is 21.3. The summed E-state index contributed by atoms with van der Waals surface area (Å²) in [6.45, 7) is 11.7. The number of allylic oxidation sites excluding steroid dienone is 8. The Labute approximate surface area is 266 Å². The van der Waals surface area contributed by atoms with Crippen LogP contribution in [0.25, 0.3) is 0 Å². The molecule has 0 aromatic heterocycles. The standard InChI is InChI=1S/C41H50O3/c1-32(2)15-12-16-33(3)17-13-18-34(4)19-14-20-35(5)25-26-38-29-39(41(42)44-31-37-23-10-7-11-24-37)27-28-40(38)43-30-36-21-8-6-9-22-36/h6-11,15,17,19,21-25,27-29H,12-14,16,18,20,26,30-31H2,1-5H3/b33-17+,34-19+,35-25+. The lowest BCUT2D eigenvalue weighted by atomic mass is 10.0. The van der Waals surface area contributed by atoms with Crippen LogP contribution >= 0.6 is 0 Å². The Morgan fingerprint density at radius 3 is 1.70 bits per heavy atom. The molecule has 0 radical (unpaired) electrons. The Morgan fingerprint density at radius 2 is 1.14 bits per heavy atom. The van der Waals surface area contributed by atoms with Crippen molar-refractivity contribution in [3.63, 3.8) is 0 Å². The van der Waals surface area contributed by atoms with Gasteiger partial charge < -0.3 is 9.47 Å². The van der Waals surface area contributed by atoms with Crippen LogP contribution in [0.1, 0.15) is 100 Å². The Hall–Kier alpha value is -4.11. The van der Waals surface area contributed by atoms with Crippen molar-refractivity contribution in [1.82, 2.24) is 0 Å². The van der Waals surface area contributed by atoms with Gasteiger partial charge in [0.15, 0.2) is 0 Å². The van der Waals surface area contributed by atoms with Crippen LogP contribution in [0.4, 0.5) is 0 Å². The number of ether oxygens (including phenoxy) is 2. The van der Waals surface area contributed by atoms with E-state index in [1.807, 2.05) is 60.7 Å². The fourth-order valence-electron chi connectivity index (χ4n) is 4.82. The highest BCUT2D eigenvalue weighted by atomic mass is 16.5. The lowest BCUT2D eigenvalue weighted by molar-refractivity contribution is 0.0472. The normalized spacial score (nSPS) is 12.2. The summed E-state index contributed by atoms with van der Waals surface area (Å²) in [6, 6.07) is 25.5. The van der Waals surface area contributed by atoms with Crippen molar-refractivity contribution < 1.29 is 14.3 Å². The van der Waals surface area contributed by atoms with Crippen LogP contribution in [0, 0.1) is 0 Å². The van der Waals surface area contributed by atoms with Gasteiger partial charge in [0.2, 0.25) is 0 Å². The molecule has 0 saturated carbocycles. The predicted molar refractivity (Wildman–Crippen MR) is 185 cm³/mol. The second-order valence-corrected chi connectivity index (χ2v) is 11.9. The fourth-order valence-corrected chi connectivity index (χ4v) is 4.82. The third-order valence-electron chi connectivity index (χ3n) is 7.57. The molecule has 0 aliphatic carbocycles. The molecule has 0 unspecified atom stereocenters. The van der Waals surface area contributed by atoms with E-state index >= 15 is 0 Å². The Kier molecular flexibility index (Phi) is 15.0. The Morgan fingerprint density at radius 1 is 0.614 bits per heavy atom. The van der Waals surface area contributed by atoms with Crippen molar-refractivity contribution in [1.29, 1.82) is 0 Å². The molecule has 0 heterocycles. The van der Waals surface area contributed by atoms with Gasteiger partial charge in [0.1, 0.15) is 19.0 Å². The molecule has 3 rings (SSSR count). The minimum Gasteiger partial charge on any atom is -0.489 e. The van der Waals surface area contributed by atoms with E-state index in [0.29, 0.717) is 18.6 Å². The number of hydrogen-bond acceptors (Lipinski definition) is 3. The van der Waals surface area contributed by atoms with Crippen LogP contribution in [-0.2, 0) is 24.4 Å². The maximum atomic E-state index is 12.9. The highest BCUT2D eigenvalue weighted by Crippen LogP contribution is 2.24. The van der Waals surface area contributed by atoms with Gasteiger partial charge in [-0.1, -0.05) is 107 Å². The Bertz CT molecular complexity index is 1420. The molecule has 0 saturated heterocycles. The van der Waals surface area contributed by atoms with Crippen molar-refractivity contribution in [2.75, 3.05) is 0 Å². The van der Waals surface area contributed by atoms with Gasteiger partial charge in [-0.15, -0.1) is 0 Å². The van der Waals surface area contributed by atoms with Crippen LogP contribution in [0.5, 0.6) is 5.75 Å². The topological polar surface area (TPSA) is 35.5 Å². The van der Waals surface area contributed by atoms with E-state index in [0.717, 1.165) is 61.0 Å². The number of benzene rings is 3. The smallest absolute Gasteiger partial charge is 0.338 e. The molecule has 3 heteroatoms. The first-order valence-corrected chi connectivity index (χ1v) is 15.9. The van der Waals surface area contributed by atoms with Crippen LogP contribution in [-0.4, -0.2) is 5.97 Å². The molecule has 0 bridgehead atoms. The molecular formula is C41H50O3. The van der Waals surface area contributed by atoms with Crippen LogP contribution in [0.2, 0.25) is 0 Å². The molecule has 232 valence electrons. The lowest BCUT2D eigenvalue weighted by Crippen LogP contribution is -2.07. The molecule has 0 N–H and O–H groups in total. The van der Waals surface area contributed by atoms with Crippen molar-refractivity contribution >= 4 is 5.97 Å². The molecule has 3 nitrogen and oxygen atoms in total. The Balaban J connectivity index is 1.58. The first kappa shape index (κ1) is 34.4. The minimum atomic E-state index is -0.330. The van der Waals surface area contributed by atoms with Crippen molar-refractivity contribution in [3.05, 3.63) is 148 Å². The summed E-state index contributed by atoms with van der Waals surface area (Å²) in [5, 5.41) is 0. The van der Waals surface area contributed by atoms with Crippen LogP contribution in [0.15, 0.2) is 125 Å². The summed E-state index contributed by atoms with van der Waals surface area (Å²) in [5.41, 5.74) is 9.24. The fraction of sp³-hybridized carbons (Fsp3) is 0.341. The molecule has 0 amide bonds. The number of carbonyl (C=O) groups is 1. The summed E-state index contributed by atoms with van der Waals surface area (Å²) < 4.78 is 11.8. The summed E-state index contributed by atoms with van der Waals surface area (Å²) in [4.78, 5) is 12.9. The molecule has 3 aromatic carbocycles. The van der Waals surface area contributed by atoms with E-state index in [4.69, 9.17) is 9.47 Å². The number of hydrogen-bond donors (Lipinski definition) is 0. The SMILES string of the molecule is CC(C)=CCC/C(C)=C/CC/C(C)=C/CC/C(C)=C/Cc1cc(C(=O)OCc2ccccc2)ccc1OCc1ccccc1. The van der Waals surface area contributed by atoms with Crippen molar-refractivity contribution in [2.24, 2.45) is 0 Å². The highest BCUT2D eigenvalue weighted by molar-refractivity contribution is 5.89. The largest absolute Gasteiger partial charge is 0.489 e. The van der Waals surface area contributed by atoms with Gasteiger partial charge in [0.25, 0.3) is 0 Å². The third kappa shape index (κ3) is 13.5. The van der Waals surface area contributed by atoms with Crippen molar-refractivity contribution in [3.8, 4) is 5.75 Å². The quantitative estimate of drug-likeness (QED) is 0.116. The number of carbonyl (C=O) groups excluding carboxylic acids is 1. The molecule has 44 heavy (non-hydrogen) atoms. The van der Waals surface area contributed by atoms with Gasteiger partial charge in [-0.3, -0.25) is 0 Å². The lowest BCUT2D eigenvalue weighted by Gasteiger charge is -2.13. The number of esters is 1. The van der Waals surface area contributed by atoms with Gasteiger partial charge in [-0.05, 0) is 114 Å². The summed E-state index contributed by atoms with van der Waals surface area (Å²) in [7, 11) is 0. The zero-order chi connectivity index (χ0) is 31.6. The molecular weight excluding hydrogens is 540 g/mol. The summed E-state index contributed by atoms with van der Waals surface area (Å²) in [6.07, 6.45) is 16.6. The van der Waals surface area contributed by atoms with Crippen LogP contribution in [0.3, 0.4) is 0 Å². The third-order valence-corrected chi connectivity index (χ3v) is 7.57. The highest BCUT2D eigenvalue weighted by Gasteiger charge is 2.12. The monoisotopic (exact) mass is 590 g/mol. The average Bonchev–Trinajstić information content (AvgIpc) is 3.02. The van der Waals surface area contributed by atoms with E-state index in [1.54, 1.807) is 6.07 Å². The first-order valence-electron chi connectivity index (χ1n) is 15.9. The molecule has 0 atom stereocenters. The van der Waals surface area contributed by atoms with E-state index in [-0.39, 0.29) is 12.6 Å². The van der Waals surface area contributed by atoms with Gasteiger partial charge in [0, 0.05) is 0 Å². The van der Waals surface area contributed by atoms with Gasteiger partial charge in [-0.25, -0.2) is 4.79 Å². The average molecular weight is 591 g/mol. The molecule has 0 aliphatic heterocycles. The maximum Gasteiger partial charge on any atom is 0.338 e. The zero-order valence-corrected chi connectivity index (χ0v) is 27.4. The summed E-state index contributed by atoms with van der Waals surface area (Å²) >= 11 is 0. The van der Waals surface area contributed by atoms with E-state index in [1.165, 1.54) is 22.3 Å². The summed E-state index contributed by atoms with van der Waals surface area (Å²) in [5.74, 6) is 0.460. The maximum absolute atomic E-state index is 12.9. The molecule has 0 aliphatic rings. The minimum absolute atomic E-state index is 0.249.